The second kappa shape index (κ2) is 6.22. The molecule has 1 saturated carbocycles. The van der Waals surface area contributed by atoms with E-state index in [4.69, 9.17) is 0 Å². The molecule has 4 nitrogen and oxygen atoms in total. The van der Waals surface area contributed by atoms with Crippen molar-refractivity contribution >= 4 is 11.9 Å². The van der Waals surface area contributed by atoms with Crippen LogP contribution in [0.25, 0.3) is 0 Å². The van der Waals surface area contributed by atoms with E-state index in [2.05, 4.69) is 5.32 Å². The second-order valence-corrected chi connectivity index (χ2v) is 6.04. The van der Waals surface area contributed by atoms with Crippen molar-refractivity contribution in [2.45, 2.75) is 43.8 Å². The van der Waals surface area contributed by atoms with Crippen LogP contribution in [0, 0.1) is 5.92 Å². The molecule has 2 N–H and O–H groups in total. The summed E-state index contributed by atoms with van der Waals surface area (Å²) in [6.45, 7) is 1.34. The first kappa shape index (κ1) is 17.3. The number of aliphatic carboxylic acids is 1. The van der Waals surface area contributed by atoms with Gasteiger partial charge < -0.3 is 10.4 Å². The number of amides is 1. The number of carboxylic acids is 1. The molecule has 1 fully saturated rings. The van der Waals surface area contributed by atoms with Crippen molar-refractivity contribution in [2.75, 3.05) is 0 Å². The van der Waals surface area contributed by atoms with Crippen molar-refractivity contribution in [1.82, 2.24) is 5.32 Å². The first-order chi connectivity index (χ1) is 10.6. The van der Waals surface area contributed by atoms with Crippen molar-refractivity contribution < 1.29 is 27.9 Å². The van der Waals surface area contributed by atoms with Gasteiger partial charge in [0.2, 0.25) is 5.91 Å². The molecular formula is C16H18F3NO3. The molecule has 0 unspecified atom stereocenters. The molecule has 2 rings (SSSR count). The number of carbonyl (C=O) groups is 2. The van der Waals surface area contributed by atoms with Gasteiger partial charge in [-0.05, 0) is 31.2 Å². The number of alkyl halides is 3. The molecule has 0 bridgehead atoms. The normalized spacial score (nSPS) is 18.8. The molecule has 0 spiro atoms. The van der Waals surface area contributed by atoms with Gasteiger partial charge in [-0.25, -0.2) is 4.79 Å². The topological polar surface area (TPSA) is 66.4 Å². The predicted molar refractivity (Wildman–Crippen MR) is 76.8 cm³/mol. The maximum atomic E-state index is 13.2. The van der Waals surface area contributed by atoms with Gasteiger partial charge in [0.05, 0.1) is 5.92 Å². The highest BCUT2D eigenvalue weighted by Crippen LogP contribution is 2.41. The van der Waals surface area contributed by atoms with E-state index >= 15 is 0 Å². The van der Waals surface area contributed by atoms with Crippen molar-refractivity contribution in [3.05, 3.63) is 35.9 Å². The maximum Gasteiger partial charge on any atom is 0.396 e. The number of benzene rings is 1. The monoisotopic (exact) mass is 329 g/mol. The van der Waals surface area contributed by atoms with E-state index in [1.807, 2.05) is 0 Å². The Bertz CT molecular complexity index is 584. The highest BCUT2D eigenvalue weighted by molar-refractivity contribution is 5.87. The zero-order valence-electron chi connectivity index (χ0n) is 12.6. The van der Waals surface area contributed by atoms with E-state index in [0.29, 0.717) is 12.8 Å². The van der Waals surface area contributed by atoms with E-state index in [9.17, 15) is 27.9 Å². The summed E-state index contributed by atoms with van der Waals surface area (Å²) in [6.07, 6.45) is -4.13. The van der Waals surface area contributed by atoms with Gasteiger partial charge in [0.25, 0.3) is 0 Å². The summed E-state index contributed by atoms with van der Waals surface area (Å²) >= 11 is 0. The zero-order chi connectivity index (χ0) is 17.3. The van der Waals surface area contributed by atoms with Crippen molar-refractivity contribution in [2.24, 2.45) is 5.92 Å². The fraction of sp³-hybridized carbons (Fsp3) is 0.500. The van der Waals surface area contributed by atoms with Crippen molar-refractivity contribution in [3.8, 4) is 0 Å². The molecule has 23 heavy (non-hydrogen) atoms. The van der Waals surface area contributed by atoms with Crippen LogP contribution >= 0.6 is 0 Å². The summed E-state index contributed by atoms with van der Waals surface area (Å²) in [4.78, 5) is 23.4. The van der Waals surface area contributed by atoms with Crippen LogP contribution in [-0.2, 0) is 9.59 Å². The van der Waals surface area contributed by atoms with E-state index in [1.165, 1.54) is 31.2 Å². The third-order valence-electron chi connectivity index (χ3n) is 4.22. The molecule has 1 aliphatic rings. The van der Waals surface area contributed by atoms with E-state index in [0.717, 1.165) is 0 Å². The smallest absolute Gasteiger partial charge is 0.396 e. The third kappa shape index (κ3) is 4.03. The van der Waals surface area contributed by atoms with Gasteiger partial charge >= 0.3 is 12.1 Å². The van der Waals surface area contributed by atoms with Gasteiger partial charge in [0.1, 0.15) is 5.54 Å². The number of carboxylic acid groups (broad SMARTS) is 1. The molecule has 0 aromatic heterocycles. The molecule has 2 atom stereocenters. The lowest BCUT2D eigenvalue weighted by atomic mass is 9.92. The Hall–Kier alpha value is -2.05. The third-order valence-corrected chi connectivity index (χ3v) is 4.22. The van der Waals surface area contributed by atoms with E-state index in [-0.39, 0.29) is 11.5 Å². The highest BCUT2D eigenvalue weighted by Gasteiger charge is 2.49. The molecule has 126 valence electrons. The number of rotatable bonds is 6. The Morgan fingerprint density at radius 2 is 1.83 bits per heavy atom. The molecular weight excluding hydrogens is 311 g/mol. The Balaban J connectivity index is 2.14. The SMILES string of the molecule is C[C@](NC(=O)C[C@@H](c1ccccc1)C(F)(F)F)(C(=O)O)C1CC1. The lowest BCUT2D eigenvalue weighted by molar-refractivity contribution is -0.159. The maximum absolute atomic E-state index is 13.2. The molecule has 0 radical (unpaired) electrons. The Morgan fingerprint density at radius 1 is 1.26 bits per heavy atom. The fourth-order valence-corrected chi connectivity index (χ4v) is 2.62. The lowest BCUT2D eigenvalue weighted by Gasteiger charge is -2.28. The average molecular weight is 329 g/mol. The highest BCUT2D eigenvalue weighted by atomic mass is 19.4. The summed E-state index contributed by atoms with van der Waals surface area (Å²) in [7, 11) is 0. The quantitative estimate of drug-likeness (QED) is 0.843. The summed E-state index contributed by atoms with van der Waals surface area (Å²) in [5.74, 6) is -4.32. The first-order valence-electron chi connectivity index (χ1n) is 7.30. The Morgan fingerprint density at radius 3 is 2.26 bits per heavy atom. The van der Waals surface area contributed by atoms with E-state index in [1.54, 1.807) is 6.07 Å². The summed E-state index contributed by atoms with van der Waals surface area (Å²) in [6, 6.07) is 7.14. The minimum atomic E-state index is -4.59. The second-order valence-electron chi connectivity index (χ2n) is 6.04. The van der Waals surface area contributed by atoms with Crippen LogP contribution in [0.1, 0.15) is 37.7 Å². The number of halogens is 3. The Labute approximate surface area is 131 Å². The molecule has 0 heterocycles. The van der Waals surface area contributed by atoms with Crippen LogP contribution in [-0.4, -0.2) is 28.7 Å². The minimum Gasteiger partial charge on any atom is -0.480 e. The van der Waals surface area contributed by atoms with Gasteiger partial charge in [0, 0.05) is 6.42 Å². The van der Waals surface area contributed by atoms with Crippen LogP contribution in [0.15, 0.2) is 30.3 Å². The summed E-state index contributed by atoms with van der Waals surface area (Å²) in [5, 5.41) is 11.6. The molecule has 0 aliphatic heterocycles. The van der Waals surface area contributed by atoms with E-state index < -0.39 is 35.9 Å². The van der Waals surface area contributed by atoms with Crippen LogP contribution in [0.3, 0.4) is 0 Å². The van der Waals surface area contributed by atoms with Crippen molar-refractivity contribution in [3.63, 3.8) is 0 Å². The number of hydrogen-bond acceptors (Lipinski definition) is 2. The summed E-state index contributed by atoms with van der Waals surface area (Å²) in [5.41, 5.74) is -1.53. The standard InChI is InChI=1S/C16H18F3NO3/c1-15(14(22)23,11-7-8-11)20-13(21)9-12(16(17,18)19)10-5-3-2-4-6-10/h2-6,11-12H,7-9H2,1H3,(H,20,21)(H,22,23)/t12-,15+/m0/s1. The molecule has 1 aliphatic carbocycles. The van der Waals surface area contributed by atoms with Gasteiger partial charge in [0.15, 0.2) is 0 Å². The van der Waals surface area contributed by atoms with Gasteiger partial charge in [-0.2, -0.15) is 13.2 Å². The largest absolute Gasteiger partial charge is 0.480 e. The number of carbonyl (C=O) groups excluding carboxylic acids is 1. The van der Waals surface area contributed by atoms with Gasteiger partial charge in [-0.15, -0.1) is 0 Å². The lowest BCUT2D eigenvalue weighted by Crippen LogP contribution is -2.54. The fourth-order valence-electron chi connectivity index (χ4n) is 2.62. The van der Waals surface area contributed by atoms with Gasteiger partial charge in [-0.3, -0.25) is 4.79 Å². The zero-order valence-corrected chi connectivity index (χ0v) is 12.6. The first-order valence-corrected chi connectivity index (χ1v) is 7.30. The molecule has 1 amide bonds. The average Bonchev–Trinajstić information content (AvgIpc) is 3.29. The molecule has 1 aromatic carbocycles. The summed E-state index contributed by atoms with van der Waals surface area (Å²) < 4.78 is 39.7. The van der Waals surface area contributed by atoms with Crippen LogP contribution < -0.4 is 5.32 Å². The number of hydrogen-bond donors (Lipinski definition) is 2. The Kier molecular flexibility index (Phi) is 4.68. The minimum absolute atomic E-state index is 0.0152. The molecule has 1 aromatic rings. The molecule has 7 heteroatoms. The predicted octanol–water partition coefficient (Wildman–Crippen LogP) is 3.09. The van der Waals surface area contributed by atoms with Crippen LogP contribution in [0.5, 0.6) is 0 Å². The van der Waals surface area contributed by atoms with Crippen molar-refractivity contribution in [1.29, 1.82) is 0 Å². The molecule has 0 saturated heterocycles. The van der Waals surface area contributed by atoms with Crippen LogP contribution in [0.4, 0.5) is 13.2 Å². The van der Waals surface area contributed by atoms with Crippen LogP contribution in [0.2, 0.25) is 0 Å². The van der Waals surface area contributed by atoms with Gasteiger partial charge in [-0.1, -0.05) is 30.3 Å². The number of nitrogens with one attached hydrogen (secondary N) is 1.